The number of ether oxygens (including phenoxy) is 2. The zero-order chi connectivity index (χ0) is 34.2. The van der Waals surface area contributed by atoms with Crippen molar-refractivity contribution in [1.29, 1.82) is 0 Å². The van der Waals surface area contributed by atoms with Gasteiger partial charge in [0, 0.05) is 13.1 Å². The first-order valence-corrected chi connectivity index (χ1v) is 15.8. The molecular formula is C36H48N4O7. The molecule has 0 saturated carbocycles. The van der Waals surface area contributed by atoms with Crippen LogP contribution in [0.25, 0.3) is 0 Å². The van der Waals surface area contributed by atoms with Gasteiger partial charge in [0.1, 0.15) is 18.2 Å². The van der Waals surface area contributed by atoms with E-state index in [0.29, 0.717) is 12.8 Å². The van der Waals surface area contributed by atoms with Crippen LogP contribution in [0.3, 0.4) is 0 Å². The SMILES string of the molecule is C[C@H](NC(=O)OCc1ccccc1)C(=O)N[C@@H](Cc1ccccc1)[C@H](O)CNC[C@@H](O)[C@H](Cc1ccccc1)NC(=O)OC(C)(C)C. The van der Waals surface area contributed by atoms with Crippen LogP contribution in [0.15, 0.2) is 91.0 Å². The Bertz CT molecular complexity index is 1370. The molecule has 11 heteroatoms. The maximum absolute atomic E-state index is 13.1. The molecule has 6 N–H and O–H groups in total. The third kappa shape index (κ3) is 14.2. The van der Waals surface area contributed by atoms with Crippen molar-refractivity contribution in [3.8, 4) is 0 Å². The van der Waals surface area contributed by atoms with Crippen LogP contribution in [0.1, 0.15) is 44.4 Å². The minimum absolute atomic E-state index is 0.0280. The number of aliphatic hydroxyl groups is 2. The van der Waals surface area contributed by atoms with E-state index in [1.54, 1.807) is 20.8 Å². The van der Waals surface area contributed by atoms with E-state index in [-0.39, 0.29) is 19.7 Å². The third-order valence-electron chi connectivity index (χ3n) is 7.20. The van der Waals surface area contributed by atoms with E-state index in [1.807, 2.05) is 91.0 Å². The van der Waals surface area contributed by atoms with E-state index in [4.69, 9.17) is 9.47 Å². The monoisotopic (exact) mass is 648 g/mol. The summed E-state index contributed by atoms with van der Waals surface area (Å²) in [6.07, 6.45) is -2.79. The number of nitrogens with one attached hydrogen (secondary N) is 4. The average molecular weight is 649 g/mol. The number of alkyl carbamates (subject to hydrolysis) is 2. The maximum Gasteiger partial charge on any atom is 0.408 e. The quantitative estimate of drug-likeness (QED) is 0.138. The number of aliphatic hydroxyl groups excluding tert-OH is 2. The molecule has 0 aliphatic carbocycles. The molecule has 0 heterocycles. The molecule has 0 aliphatic heterocycles. The Morgan fingerprint density at radius 3 is 1.57 bits per heavy atom. The highest BCUT2D eigenvalue weighted by molar-refractivity contribution is 5.85. The fourth-order valence-corrected chi connectivity index (χ4v) is 4.74. The predicted molar refractivity (Wildman–Crippen MR) is 179 cm³/mol. The molecule has 11 nitrogen and oxygen atoms in total. The van der Waals surface area contributed by atoms with Gasteiger partial charge in [-0.05, 0) is 57.2 Å². The fraction of sp³-hybridized carbons (Fsp3) is 0.417. The van der Waals surface area contributed by atoms with Crippen LogP contribution in [0.5, 0.6) is 0 Å². The van der Waals surface area contributed by atoms with E-state index < -0.39 is 54.0 Å². The van der Waals surface area contributed by atoms with Crippen LogP contribution < -0.4 is 21.3 Å². The van der Waals surface area contributed by atoms with Gasteiger partial charge in [-0.1, -0.05) is 91.0 Å². The lowest BCUT2D eigenvalue weighted by atomic mass is 9.99. The summed E-state index contributed by atoms with van der Waals surface area (Å²) in [4.78, 5) is 38.0. The zero-order valence-electron chi connectivity index (χ0n) is 27.5. The molecule has 5 atom stereocenters. The molecule has 0 bridgehead atoms. The highest BCUT2D eigenvalue weighted by Gasteiger charge is 2.28. The lowest BCUT2D eigenvalue weighted by molar-refractivity contribution is -0.124. The number of hydrogen-bond acceptors (Lipinski definition) is 8. The van der Waals surface area contributed by atoms with Crippen LogP contribution >= 0.6 is 0 Å². The number of hydrogen-bond donors (Lipinski definition) is 6. The molecule has 0 fully saturated rings. The summed E-state index contributed by atoms with van der Waals surface area (Å²) in [7, 11) is 0. The van der Waals surface area contributed by atoms with Gasteiger partial charge in [0.2, 0.25) is 5.91 Å². The summed E-state index contributed by atoms with van der Waals surface area (Å²) >= 11 is 0. The topological polar surface area (TPSA) is 158 Å². The van der Waals surface area contributed by atoms with Crippen molar-refractivity contribution in [2.75, 3.05) is 13.1 Å². The average Bonchev–Trinajstić information content (AvgIpc) is 3.03. The van der Waals surface area contributed by atoms with Crippen LogP contribution in [0.4, 0.5) is 9.59 Å². The Morgan fingerprint density at radius 1 is 0.660 bits per heavy atom. The lowest BCUT2D eigenvalue weighted by Crippen LogP contribution is -2.55. The molecule has 254 valence electrons. The summed E-state index contributed by atoms with van der Waals surface area (Å²) in [5.41, 5.74) is 1.92. The molecule has 0 aliphatic rings. The second kappa shape index (κ2) is 18.6. The minimum atomic E-state index is -1.06. The summed E-state index contributed by atoms with van der Waals surface area (Å²) in [5, 5.41) is 33.5. The first-order valence-electron chi connectivity index (χ1n) is 15.8. The molecule has 3 aromatic rings. The van der Waals surface area contributed by atoms with Crippen LogP contribution in [0, 0.1) is 0 Å². The molecule has 0 spiro atoms. The van der Waals surface area contributed by atoms with E-state index in [1.165, 1.54) is 6.92 Å². The van der Waals surface area contributed by atoms with Crippen molar-refractivity contribution in [1.82, 2.24) is 21.3 Å². The normalized spacial score (nSPS) is 14.5. The van der Waals surface area contributed by atoms with Crippen LogP contribution in [0.2, 0.25) is 0 Å². The molecule has 0 saturated heterocycles. The predicted octanol–water partition coefficient (Wildman–Crippen LogP) is 3.48. The van der Waals surface area contributed by atoms with Gasteiger partial charge in [0.15, 0.2) is 0 Å². The van der Waals surface area contributed by atoms with E-state index >= 15 is 0 Å². The van der Waals surface area contributed by atoms with Crippen molar-refractivity contribution in [3.05, 3.63) is 108 Å². The summed E-state index contributed by atoms with van der Waals surface area (Å²) in [6.45, 7) is 6.95. The van der Waals surface area contributed by atoms with Gasteiger partial charge in [-0.3, -0.25) is 4.79 Å². The Morgan fingerprint density at radius 2 is 1.11 bits per heavy atom. The smallest absolute Gasteiger partial charge is 0.408 e. The van der Waals surface area contributed by atoms with Crippen molar-refractivity contribution < 1.29 is 34.1 Å². The van der Waals surface area contributed by atoms with Gasteiger partial charge in [0.25, 0.3) is 0 Å². The van der Waals surface area contributed by atoms with Crippen LogP contribution in [-0.4, -0.2) is 77.3 Å². The van der Waals surface area contributed by atoms with Gasteiger partial charge < -0.3 is 41.0 Å². The molecule has 3 rings (SSSR count). The minimum Gasteiger partial charge on any atom is -0.445 e. The number of benzene rings is 3. The molecular weight excluding hydrogens is 600 g/mol. The highest BCUT2D eigenvalue weighted by Crippen LogP contribution is 2.11. The molecule has 0 radical (unpaired) electrons. The molecule has 0 aromatic heterocycles. The third-order valence-corrected chi connectivity index (χ3v) is 7.20. The molecule has 3 aromatic carbocycles. The van der Waals surface area contributed by atoms with Crippen molar-refractivity contribution in [2.24, 2.45) is 0 Å². The number of rotatable bonds is 16. The van der Waals surface area contributed by atoms with Gasteiger partial charge in [-0.2, -0.15) is 0 Å². The molecule has 3 amide bonds. The zero-order valence-corrected chi connectivity index (χ0v) is 27.5. The largest absolute Gasteiger partial charge is 0.445 e. The Hall–Kier alpha value is -4.45. The Kier molecular flexibility index (Phi) is 14.7. The van der Waals surface area contributed by atoms with Crippen LogP contribution in [-0.2, 0) is 33.7 Å². The fourth-order valence-electron chi connectivity index (χ4n) is 4.74. The number of carbonyl (C=O) groups excluding carboxylic acids is 3. The number of carbonyl (C=O) groups is 3. The standard InChI is InChI=1S/C36H48N4O7/c1-25(38-34(44)46-24-28-18-12-7-13-19-28)33(43)39-29(20-26-14-8-5-9-15-26)31(41)22-37-23-32(42)30(21-27-16-10-6-11-17-27)40-35(45)47-36(2,3)4/h5-19,25,29-32,37,41-42H,20-24H2,1-4H3,(H,38,44)(H,39,43)(H,40,45)/t25-,29-,30-,31+,32+/m0/s1. The Labute approximate surface area is 277 Å². The Balaban J connectivity index is 1.59. The van der Waals surface area contributed by atoms with Crippen molar-refractivity contribution >= 4 is 18.1 Å². The van der Waals surface area contributed by atoms with Gasteiger partial charge in [0.05, 0.1) is 24.3 Å². The first-order chi connectivity index (χ1) is 22.4. The van der Waals surface area contributed by atoms with E-state index in [2.05, 4.69) is 21.3 Å². The van der Waals surface area contributed by atoms with Crippen molar-refractivity contribution in [2.45, 2.75) is 83.1 Å². The molecule has 0 unspecified atom stereocenters. The lowest BCUT2D eigenvalue weighted by Gasteiger charge is -2.29. The molecule has 47 heavy (non-hydrogen) atoms. The highest BCUT2D eigenvalue weighted by atomic mass is 16.6. The van der Waals surface area contributed by atoms with Crippen molar-refractivity contribution in [3.63, 3.8) is 0 Å². The summed E-state index contributed by atoms with van der Waals surface area (Å²) < 4.78 is 10.6. The first kappa shape index (κ1) is 37.0. The van der Waals surface area contributed by atoms with Gasteiger partial charge in [-0.15, -0.1) is 0 Å². The second-order valence-electron chi connectivity index (χ2n) is 12.5. The number of amides is 3. The van der Waals surface area contributed by atoms with Gasteiger partial charge >= 0.3 is 12.2 Å². The van der Waals surface area contributed by atoms with E-state index in [9.17, 15) is 24.6 Å². The second-order valence-corrected chi connectivity index (χ2v) is 12.5. The van der Waals surface area contributed by atoms with E-state index in [0.717, 1.165) is 16.7 Å². The maximum atomic E-state index is 13.1. The van der Waals surface area contributed by atoms with Gasteiger partial charge in [-0.25, -0.2) is 9.59 Å². The summed E-state index contributed by atoms with van der Waals surface area (Å²) in [5.74, 6) is -0.494. The summed E-state index contributed by atoms with van der Waals surface area (Å²) in [6, 6.07) is 25.7.